The van der Waals surface area contributed by atoms with Crippen LogP contribution in [0.1, 0.15) is 28.7 Å². The second-order valence-corrected chi connectivity index (χ2v) is 7.65. The van der Waals surface area contributed by atoms with E-state index in [4.69, 9.17) is 23.5 Å². The molecule has 1 aliphatic rings. The number of hydrogen-bond acceptors (Lipinski definition) is 8. The van der Waals surface area contributed by atoms with Crippen LogP contribution >= 0.6 is 0 Å². The first-order chi connectivity index (χ1) is 14.6. The van der Waals surface area contributed by atoms with Crippen molar-refractivity contribution < 1.29 is 46.4 Å². The van der Waals surface area contributed by atoms with Crippen LogP contribution in [0, 0.1) is 0 Å². The third-order valence-corrected chi connectivity index (χ3v) is 5.15. The van der Waals surface area contributed by atoms with Crippen LogP contribution < -0.4 is 14.2 Å². The summed E-state index contributed by atoms with van der Waals surface area (Å²) in [7, 11) is -2.15. The Morgan fingerprint density at radius 1 is 1.16 bits per heavy atom. The molecule has 1 aliphatic heterocycles. The van der Waals surface area contributed by atoms with Crippen LogP contribution in [0.2, 0.25) is 0 Å². The van der Waals surface area contributed by atoms with E-state index in [0.29, 0.717) is 17.1 Å². The van der Waals surface area contributed by atoms with E-state index in [9.17, 15) is 22.9 Å². The van der Waals surface area contributed by atoms with Crippen LogP contribution in [0.5, 0.6) is 23.0 Å². The first-order valence-electron chi connectivity index (χ1n) is 8.91. The van der Waals surface area contributed by atoms with Crippen molar-refractivity contribution in [3.63, 3.8) is 0 Å². The third-order valence-electron chi connectivity index (χ3n) is 4.70. The van der Waals surface area contributed by atoms with E-state index in [0.717, 1.165) is 6.08 Å². The standard InChI is InChI=1S/C20H20O10S/c1-27-12-4-5-16-14(9-12)20(30-31(24,25)26)15(10-29-16)13-7-11(3-6-18(21)22)8-17(28-2)19(13)23/h3-9,15,20,23H,10H2,1-2H3,(H,21,22)(H,24,25,26)/b6-3+/t15-,20+/m1/s1. The second-order valence-electron chi connectivity index (χ2n) is 6.60. The highest BCUT2D eigenvalue weighted by molar-refractivity contribution is 7.80. The summed E-state index contributed by atoms with van der Waals surface area (Å²) < 4.78 is 53.6. The minimum Gasteiger partial charge on any atom is -0.504 e. The minimum atomic E-state index is -4.89. The second kappa shape index (κ2) is 8.84. The molecule has 0 radical (unpaired) electrons. The van der Waals surface area contributed by atoms with Gasteiger partial charge in [0.2, 0.25) is 0 Å². The fraction of sp³-hybridized carbons (Fsp3) is 0.250. The van der Waals surface area contributed by atoms with E-state index >= 15 is 0 Å². The fourth-order valence-electron chi connectivity index (χ4n) is 3.35. The fourth-order valence-corrected chi connectivity index (χ4v) is 3.85. The van der Waals surface area contributed by atoms with Crippen LogP contribution in [0.3, 0.4) is 0 Å². The summed E-state index contributed by atoms with van der Waals surface area (Å²) in [5, 5.41) is 19.6. The Bertz CT molecular complexity index is 1120. The Hall–Kier alpha value is -3.28. The molecule has 0 aliphatic carbocycles. The molecule has 0 fully saturated rings. The summed E-state index contributed by atoms with van der Waals surface area (Å²) >= 11 is 0. The molecule has 0 bridgehead atoms. The lowest BCUT2D eigenvalue weighted by Crippen LogP contribution is -2.28. The zero-order valence-electron chi connectivity index (χ0n) is 16.5. The van der Waals surface area contributed by atoms with Crippen LogP contribution in [-0.2, 0) is 19.4 Å². The summed E-state index contributed by atoms with van der Waals surface area (Å²) in [6.45, 7) is -0.109. The van der Waals surface area contributed by atoms with E-state index in [1.807, 2.05) is 0 Å². The quantitative estimate of drug-likeness (QED) is 0.422. The molecule has 10 nitrogen and oxygen atoms in total. The molecule has 1 heterocycles. The zero-order chi connectivity index (χ0) is 22.8. The smallest absolute Gasteiger partial charge is 0.397 e. The normalized spacial score (nSPS) is 18.3. The first kappa shape index (κ1) is 22.4. The van der Waals surface area contributed by atoms with Crippen molar-refractivity contribution in [1.29, 1.82) is 0 Å². The number of carboxylic acids is 1. The maximum Gasteiger partial charge on any atom is 0.397 e. The molecule has 166 valence electrons. The highest BCUT2D eigenvalue weighted by atomic mass is 32.3. The number of fused-ring (bicyclic) bond motifs is 1. The molecule has 2 aromatic carbocycles. The minimum absolute atomic E-state index is 0.0320. The highest BCUT2D eigenvalue weighted by Crippen LogP contribution is 2.48. The van der Waals surface area contributed by atoms with Gasteiger partial charge in [0.1, 0.15) is 17.6 Å². The number of ether oxygens (including phenoxy) is 3. The predicted molar refractivity (Wildman–Crippen MR) is 108 cm³/mol. The lowest BCUT2D eigenvalue weighted by molar-refractivity contribution is -0.131. The first-order valence-corrected chi connectivity index (χ1v) is 10.3. The Kier molecular flexibility index (Phi) is 6.39. The largest absolute Gasteiger partial charge is 0.504 e. The predicted octanol–water partition coefficient (Wildman–Crippen LogP) is 2.54. The Balaban J connectivity index is 2.17. The highest BCUT2D eigenvalue weighted by Gasteiger charge is 2.38. The molecule has 0 saturated heterocycles. The summed E-state index contributed by atoms with van der Waals surface area (Å²) in [4.78, 5) is 10.9. The number of carboxylic acid groups (broad SMARTS) is 1. The maximum absolute atomic E-state index is 11.6. The summed E-state index contributed by atoms with van der Waals surface area (Å²) in [6, 6.07) is 7.55. The van der Waals surface area contributed by atoms with E-state index in [1.54, 1.807) is 12.1 Å². The summed E-state index contributed by atoms with van der Waals surface area (Å²) in [5.41, 5.74) is 0.818. The number of carbonyl (C=O) groups is 1. The summed E-state index contributed by atoms with van der Waals surface area (Å²) in [5.74, 6) is -1.65. The Morgan fingerprint density at radius 2 is 1.90 bits per heavy atom. The number of methoxy groups -OCH3 is 2. The molecule has 0 amide bonds. The Labute approximate surface area is 178 Å². The molecule has 3 N–H and O–H groups in total. The average Bonchev–Trinajstić information content (AvgIpc) is 2.72. The van der Waals surface area contributed by atoms with Gasteiger partial charge in [-0.2, -0.15) is 8.42 Å². The van der Waals surface area contributed by atoms with E-state index in [1.165, 1.54) is 38.5 Å². The van der Waals surface area contributed by atoms with Crippen molar-refractivity contribution in [1.82, 2.24) is 0 Å². The molecule has 2 atom stereocenters. The van der Waals surface area contributed by atoms with Crippen molar-refractivity contribution >= 4 is 22.4 Å². The van der Waals surface area contributed by atoms with Gasteiger partial charge < -0.3 is 24.4 Å². The van der Waals surface area contributed by atoms with Gasteiger partial charge in [0.25, 0.3) is 0 Å². The topological polar surface area (TPSA) is 149 Å². The van der Waals surface area contributed by atoms with Gasteiger partial charge in [-0.1, -0.05) is 0 Å². The lowest BCUT2D eigenvalue weighted by atomic mass is 9.86. The number of rotatable bonds is 7. The van der Waals surface area contributed by atoms with Gasteiger partial charge in [0, 0.05) is 17.2 Å². The van der Waals surface area contributed by atoms with Crippen LogP contribution in [0.15, 0.2) is 36.4 Å². The molecule has 31 heavy (non-hydrogen) atoms. The molecule has 2 aromatic rings. The van der Waals surface area contributed by atoms with E-state index in [-0.39, 0.29) is 29.2 Å². The average molecular weight is 452 g/mol. The van der Waals surface area contributed by atoms with Gasteiger partial charge in [-0.05, 0) is 42.0 Å². The molecule has 0 aromatic heterocycles. The van der Waals surface area contributed by atoms with Crippen molar-refractivity contribution in [3.8, 4) is 23.0 Å². The van der Waals surface area contributed by atoms with Crippen molar-refractivity contribution in [3.05, 3.63) is 53.1 Å². The molecule has 0 spiro atoms. The van der Waals surface area contributed by atoms with Crippen molar-refractivity contribution in [2.45, 2.75) is 12.0 Å². The summed E-state index contributed by atoms with van der Waals surface area (Å²) in [6.07, 6.45) is 0.912. The lowest BCUT2D eigenvalue weighted by Gasteiger charge is -2.33. The van der Waals surface area contributed by atoms with E-state index < -0.39 is 28.4 Å². The Morgan fingerprint density at radius 3 is 2.52 bits per heavy atom. The van der Waals surface area contributed by atoms with Crippen LogP contribution in [0.4, 0.5) is 0 Å². The molecular formula is C20H20O10S. The van der Waals surface area contributed by atoms with E-state index in [2.05, 4.69) is 0 Å². The van der Waals surface area contributed by atoms with Gasteiger partial charge >= 0.3 is 16.4 Å². The zero-order valence-corrected chi connectivity index (χ0v) is 17.3. The van der Waals surface area contributed by atoms with Crippen LogP contribution in [-0.4, -0.2) is 50.0 Å². The molecular weight excluding hydrogens is 432 g/mol. The number of hydrogen-bond donors (Lipinski definition) is 3. The van der Waals surface area contributed by atoms with Gasteiger partial charge in [-0.3, -0.25) is 4.55 Å². The number of benzene rings is 2. The molecule has 3 rings (SSSR count). The van der Waals surface area contributed by atoms with Crippen molar-refractivity contribution in [2.24, 2.45) is 0 Å². The number of phenols is 1. The van der Waals surface area contributed by atoms with Gasteiger partial charge in [-0.25, -0.2) is 8.98 Å². The number of phenolic OH excluding ortho intramolecular Hbond substituents is 1. The van der Waals surface area contributed by atoms with Gasteiger partial charge in [0.15, 0.2) is 11.5 Å². The van der Waals surface area contributed by atoms with Crippen LogP contribution in [0.25, 0.3) is 6.08 Å². The SMILES string of the molecule is COc1ccc2c(c1)[C@H](OS(=O)(=O)O)[C@@H](c1cc(/C=C/C(=O)O)cc(OC)c1O)CO2. The molecule has 11 heteroatoms. The van der Waals surface area contributed by atoms with Crippen molar-refractivity contribution in [2.75, 3.05) is 20.8 Å². The third kappa shape index (κ3) is 5.08. The molecule has 0 saturated carbocycles. The molecule has 0 unspecified atom stereocenters. The van der Waals surface area contributed by atoms with Gasteiger partial charge in [0.05, 0.1) is 26.7 Å². The van der Waals surface area contributed by atoms with Gasteiger partial charge in [-0.15, -0.1) is 0 Å². The number of aromatic hydroxyl groups is 1. The monoisotopic (exact) mass is 452 g/mol. The maximum atomic E-state index is 11.6. The number of aliphatic carboxylic acids is 1.